The number of ether oxygens (including phenoxy) is 5. The zero-order valence-corrected chi connectivity index (χ0v) is 24.5. The Morgan fingerprint density at radius 2 is 1.61 bits per heavy atom. The first-order valence-corrected chi connectivity index (χ1v) is 14.8. The van der Waals surface area contributed by atoms with E-state index in [-0.39, 0.29) is 52.7 Å². The minimum atomic E-state index is -1.69. The van der Waals surface area contributed by atoms with Crippen LogP contribution in [0.25, 0.3) is 0 Å². The van der Waals surface area contributed by atoms with Crippen LogP contribution in [0, 0.1) is 28.6 Å². The second-order valence-electron chi connectivity index (χ2n) is 13.1. The van der Waals surface area contributed by atoms with Crippen LogP contribution in [0.15, 0.2) is 11.6 Å². The molecule has 3 N–H and O–H groups in total. The summed E-state index contributed by atoms with van der Waals surface area (Å²) in [5, 5.41) is 31.8. The van der Waals surface area contributed by atoms with Crippen molar-refractivity contribution in [1.29, 1.82) is 0 Å². The Labute approximate surface area is 240 Å². The van der Waals surface area contributed by atoms with E-state index < -0.39 is 42.8 Å². The molecule has 11 nitrogen and oxygen atoms in total. The molecule has 1 heterocycles. The van der Waals surface area contributed by atoms with Crippen LogP contribution in [0.2, 0.25) is 0 Å². The minimum absolute atomic E-state index is 0.0234. The summed E-state index contributed by atoms with van der Waals surface area (Å²) >= 11 is 0. The fourth-order valence-electron chi connectivity index (χ4n) is 8.83. The van der Waals surface area contributed by atoms with Gasteiger partial charge in [-0.1, -0.05) is 25.5 Å². The maximum absolute atomic E-state index is 12.3. The second kappa shape index (κ2) is 11.2. The zero-order valence-electron chi connectivity index (χ0n) is 24.5. The lowest BCUT2D eigenvalue weighted by molar-refractivity contribution is -0.310. The van der Waals surface area contributed by atoms with Gasteiger partial charge in [0.15, 0.2) is 12.4 Å². The number of aliphatic hydroxyl groups is 3. The van der Waals surface area contributed by atoms with Crippen LogP contribution in [-0.2, 0) is 38.1 Å². The number of hydrogen-bond acceptors (Lipinski definition) is 11. The minimum Gasteiger partial charge on any atom is -0.467 e. The van der Waals surface area contributed by atoms with Gasteiger partial charge in [-0.3, -0.25) is 9.59 Å². The van der Waals surface area contributed by atoms with E-state index in [0.717, 1.165) is 51.2 Å². The third-order valence-corrected chi connectivity index (χ3v) is 10.9. The van der Waals surface area contributed by atoms with Crippen LogP contribution >= 0.6 is 0 Å². The van der Waals surface area contributed by atoms with Gasteiger partial charge in [0.25, 0.3) is 0 Å². The van der Waals surface area contributed by atoms with Gasteiger partial charge < -0.3 is 39.0 Å². The van der Waals surface area contributed by atoms with Gasteiger partial charge in [-0.15, -0.1) is 0 Å². The number of aliphatic hydroxyl groups excluding tert-OH is 3. The third kappa shape index (κ3) is 5.22. The van der Waals surface area contributed by atoms with Crippen molar-refractivity contribution in [3.63, 3.8) is 0 Å². The van der Waals surface area contributed by atoms with Crippen molar-refractivity contribution in [3.05, 3.63) is 11.6 Å². The highest BCUT2D eigenvalue weighted by Gasteiger charge is 2.63. The van der Waals surface area contributed by atoms with Gasteiger partial charge in [-0.2, -0.15) is 0 Å². The molecule has 3 saturated carbocycles. The molecule has 0 amide bonds. The summed E-state index contributed by atoms with van der Waals surface area (Å²) in [4.78, 5) is 36.0. The number of carbonyl (C=O) groups excluding carboxylic acids is 3. The highest BCUT2D eigenvalue weighted by Crippen LogP contribution is 2.66. The molecule has 0 aromatic rings. The van der Waals surface area contributed by atoms with Gasteiger partial charge in [0.1, 0.15) is 30.5 Å². The van der Waals surface area contributed by atoms with E-state index in [9.17, 15) is 29.7 Å². The van der Waals surface area contributed by atoms with Crippen molar-refractivity contribution in [2.75, 3.05) is 7.11 Å². The number of carbonyl (C=O) groups is 3. The molecule has 5 rings (SSSR count). The SMILES string of the molecule is COC(=O)[C@H]1O[C@@H](O[C@H]2C=C3C[C@@H](OC(C)=O)CC[C@]3(C)[C@H]3CC[C@]4(C)[C@@H](OC(C)=O)CC[C@H]4[C@H]23)[C@H](O)[C@@H](O)[C@@H]1O. The van der Waals surface area contributed by atoms with Crippen molar-refractivity contribution >= 4 is 17.9 Å². The Morgan fingerprint density at radius 3 is 2.27 bits per heavy atom. The number of methoxy groups -OCH3 is 1. The molecule has 0 spiro atoms. The lowest BCUT2D eigenvalue weighted by atomic mass is 9.47. The topological polar surface area (TPSA) is 158 Å². The number of hydrogen-bond donors (Lipinski definition) is 3. The predicted octanol–water partition coefficient (Wildman–Crippen LogP) is 1.79. The van der Waals surface area contributed by atoms with E-state index in [4.69, 9.17) is 23.7 Å². The Morgan fingerprint density at radius 1 is 0.902 bits per heavy atom. The molecule has 4 aliphatic carbocycles. The molecule has 1 aliphatic heterocycles. The Balaban J connectivity index is 1.51. The number of esters is 3. The summed E-state index contributed by atoms with van der Waals surface area (Å²) in [6.07, 6.45) is -1.35. The zero-order chi connectivity index (χ0) is 29.9. The van der Waals surface area contributed by atoms with Crippen LogP contribution in [0.1, 0.15) is 72.6 Å². The van der Waals surface area contributed by atoms with Gasteiger partial charge in [-0.05, 0) is 61.7 Å². The summed E-state index contributed by atoms with van der Waals surface area (Å²) in [6, 6.07) is 0. The standard InChI is InChI=1S/C30H44O11/c1-14(31)38-17-8-10-29(3)16(12-17)13-20(40-28-25(35)23(33)24(34)26(41-28)27(36)37-5)22-18-6-7-21(39-15(2)32)30(18,4)11-9-19(22)29/h13,17-26,28,33-35H,6-12H2,1-5H3/t17-,18-,19-,20-,21-,22-,23-,24-,25+,26-,28+,29-,30-/m0/s1. The lowest BCUT2D eigenvalue weighted by Crippen LogP contribution is -2.62. The molecule has 0 radical (unpaired) electrons. The molecular weight excluding hydrogens is 536 g/mol. The van der Waals surface area contributed by atoms with Crippen LogP contribution < -0.4 is 0 Å². The molecule has 1 saturated heterocycles. The van der Waals surface area contributed by atoms with Crippen LogP contribution in [0.3, 0.4) is 0 Å². The molecule has 0 aromatic heterocycles. The van der Waals surface area contributed by atoms with E-state index in [1.54, 1.807) is 0 Å². The molecule has 13 atom stereocenters. The molecule has 5 aliphatic rings. The van der Waals surface area contributed by atoms with Crippen molar-refractivity contribution in [3.8, 4) is 0 Å². The Kier molecular flexibility index (Phi) is 8.32. The van der Waals surface area contributed by atoms with Crippen molar-refractivity contribution in [2.45, 2.75) is 122 Å². The monoisotopic (exact) mass is 580 g/mol. The summed E-state index contributed by atoms with van der Waals surface area (Å²) in [7, 11) is 1.15. The van der Waals surface area contributed by atoms with Crippen molar-refractivity contribution < 1.29 is 53.4 Å². The second-order valence-corrected chi connectivity index (χ2v) is 13.1. The predicted molar refractivity (Wildman–Crippen MR) is 142 cm³/mol. The largest absolute Gasteiger partial charge is 0.467 e. The highest BCUT2D eigenvalue weighted by molar-refractivity contribution is 5.75. The first kappa shape index (κ1) is 30.4. The van der Waals surface area contributed by atoms with Gasteiger partial charge >= 0.3 is 17.9 Å². The highest BCUT2D eigenvalue weighted by atomic mass is 16.7. The van der Waals surface area contributed by atoms with Gasteiger partial charge in [-0.25, -0.2) is 4.79 Å². The summed E-state index contributed by atoms with van der Waals surface area (Å²) < 4.78 is 28.4. The Bertz CT molecular complexity index is 1070. The van der Waals surface area contributed by atoms with Crippen LogP contribution in [0.5, 0.6) is 0 Å². The molecule has 230 valence electrons. The van der Waals surface area contributed by atoms with Crippen LogP contribution in [0.4, 0.5) is 0 Å². The number of fused-ring (bicyclic) bond motifs is 5. The van der Waals surface area contributed by atoms with Gasteiger partial charge in [0.2, 0.25) is 0 Å². The third-order valence-electron chi connectivity index (χ3n) is 10.9. The maximum atomic E-state index is 12.3. The van der Waals surface area contributed by atoms with E-state index in [1.165, 1.54) is 13.8 Å². The lowest BCUT2D eigenvalue weighted by Gasteiger charge is -2.59. The molecule has 11 heteroatoms. The average Bonchev–Trinajstić information content (AvgIpc) is 3.24. The molecular formula is C30H44O11. The maximum Gasteiger partial charge on any atom is 0.337 e. The Hall–Kier alpha value is -2.05. The quantitative estimate of drug-likeness (QED) is 0.247. The normalized spacial score (nSPS) is 47.2. The molecule has 0 unspecified atom stereocenters. The summed E-state index contributed by atoms with van der Waals surface area (Å²) in [6.45, 7) is 7.30. The fraction of sp³-hybridized carbons (Fsp3) is 0.833. The molecule has 4 fully saturated rings. The fourth-order valence-corrected chi connectivity index (χ4v) is 8.83. The molecule has 0 bridgehead atoms. The van der Waals surface area contributed by atoms with Crippen LogP contribution in [-0.4, -0.2) is 89.4 Å². The molecule has 0 aromatic carbocycles. The van der Waals surface area contributed by atoms with Gasteiger partial charge in [0.05, 0.1) is 13.2 Å². The first-order valence-electron chi connectivity index (χ1n) is 14.8. The summed E-state index contributed by atoms with van der Waals surface area (Å²) in [5.74, 6) is -1.18. The average molecular weight is 581 g/mol. The van der Waals surface area contributed by atoms with E-state index in [0.29, 0.717) is 6.42 Å². The van der Waals surface area contributed by atoms with Crippen molar-refractivity contribution in [2.24, 2.45) is 28.6 Å². The van der Waals surface area contributed by atoms with Gasteiger partial charge in [0, 0.05) is 25.7 Å². The van der Waals surface area contributed by atoms with Crippen molar-refractivity contribution in [1.82, 2.24) is 0 Å². The van der Waals surface area contributed by atoms with E-state index in [2.05, 4.69) is 19.9 Å². The summed E-state index contributed by atoms with van der Waals surface area (Å²) in [5.41, 5.74) is 0.703. The molecule has 41 heavy (non-hydrogen) atoms. The number of rotatable bonds is 5. The smallest absolute Gasteiger partial charge is 0.337 e. The van der Waals surface area contributed by atoms with E-state index in [1.807, 2.05) is 0 Å². The van der Waals surface area contributed by atoms with E-state index >= 15 is 0 Å². The first-order chi connectivity index (χ1) is 19.3.